The number of furan rings is 1. The second kappa shape index (κ2) is 5.22. The zero-order chi connectivity index (χ0) is 15.1. The number of hydrogen-bond donors (Lipinski definition) is 2. The van der Waals surface area contributed by atoms with Gasteiger partial charge < -0.3 is 15.3 Å². The van der Waals surface area contributed by atoms with E-state index in [4.69, 9.17) is 33.4 Å². The van der Waals surface area contributed by atoms with Crippen LogP contribution < -0.4 is 5.73 Å². The van der Waals surface area contributed by atoms with E-state index in [1.807, 2.05) is 0 Å². The van der Waals surface area contributed by atoms with Crippen LogP contribution in [0.5, 0.6) is 5.75 Å². The van der Waals surface area contributed by atoms with Crippen LogP contribution in [-0.4, -0.2) is 5.11 Å². The van der Waals surface area contributed by atoms with Gasteiger partial charge in [-0.25, -0.2) is 4.39 Å². The van der Waals surface area contributed by atoms with Crippen molar-refractivity contribution in [1.29, 1.82) is 0 Å². The number of nitrogens with two attached hydrogens (primary N) is 1. The molecular weight excluding hydrogens is 316 g/mol. The van der Waals surface area contributed by atoms with Crippen molar-refractivity contribution in [3.63, 3.8) is 0 Å². The van der Waals surface area contributed by atoms with E-state index in [9.17, 15) is 9.50 Å². The van der Waals surface area contributed by atoms with Gasteiger partial charge in [0.2, 0.25) is 0 Å². The van der Waals surface area contributed by atoms with Crippen molar-refractivity contribution in [3.05, 3.63) is 52.0 Å². The van der Waals surface area contributed by atoms with Gasteiger partial charge in [-0.3, -0.25) is 0 Å². The molecule has 1 aromatic heterocycles. The minimum Gasteiger partial charge on any atom is -0.508 e. The molecule has 3 N–H and O–H groups in total. The smallest absolute Gasteiger partial charge is 0.142 e. The molecule has 1 heterocycles. The van der Waals surface area contributed by atoms with Crippen LogP contribution in [0.15, 0.2) is 34.7 Å². The Hall–Kier alpha value is -1.75. The van der Waals surface area contributed by atoms with Gasteiger partial charge >= 0.3 is 0 Å². The third kappa shape index (κ3) is 2.46. The van der Waals surface area contributed by atoms with Crippen molar-refractivity contribution in [2.75, 3.05) is 0 Å². The summed E-state index contributed by atoms with van der Waals surface area (Å²) in [5.74, 6) is 0.0217. The maximum atomic E-state index is 13.8. The van der Waals surface area contributed by atoms with Crippen LogP contribution in [0.3, 0.4) is 0 Å². The Morgan fingerprint density at radius 3 is 2.38 bits per heavy atom. The van der Waals surface area contributed by atoms with Crippen molar-refractivity contribution in [2.24, 2.45) is 5.73 Å². The largest absolute Gasteiger partial charge is 0.508 e. The molecule has 6 heteroatoms. The van der Waals surface area contributed by atoms with Gasteiger partial charge in [-0.2, -0.15) is 0 Å². The zero-order valence-electron chi connectivity index (χ0n) is 10.7. The van der Waals surface area contributed by atoms with E-state index in [0.29, 0.717) is 27.9 Å². The number of hydrogen-bond acceptors (Lipinski definition) is 3. The number of phenols is 1. The van der Waals surface area contributed by atoms with Gasteiger partial charge in [-0.05, 0) is 30.3 Å². The molecule has 0 fully saturated rings. The molecule has 108 valence electrons. The van der Waals surface area contributed by atoms with E-state index in [-0.39, 0.29) is 22.3 Å². The number of benzene rings is 2. The summed E-state index contributed by atoms with van der Waals surface area (Å²) in [7, 11) is 0. The molecule has 0 aliphatic rings. The van der Waals surface area contributed by atoms with Crippen LogP contribution in [-0.2, 0) is 6.54 Å². The molecule has 0 atom stereocenters. The quantitative estimate of drug-likeness (QED) is 0.717. The summed E-state index contributed by atoms with van der Waals surface area (Å²) in [6, 6.07) is 6.99. The van der Waals surface area contributed by atoms with Crippen LogP contribution in [0.25, 0.3) is 22.1 Å². The maximum Gasteiger partial charge on any atom is 0.142 e. The van der Waals surface area contributed by atoms with E-state index in [0.717, 1.165) is 0 Å². The lowest BCUT2D eigenvalue weighted by atomic mass is 10.0. The monoisotopic (exact) mass is 325 g/mol. The first-order valence-electron chi connectivity index (χ1n) is 6.10. The van der Waals surface area contributed by atoms with Gasteiger partial charge in [0, 0.05) is 16.5 Å². The summed E-state index contributed by atoms with van der Waals surface area (Å²) < 4.78 is 19.5. The molecule has 0 unspecified atom stereocenters. The van der Waals surface area contributed by atoms with Gasteiger partial charge in [-0.1, -0.05) is 23.2 Å². The van der Waals surface area contributed by atoms with Crippen molar-refractivity contribution in [2.45, 2.75) is 6.54 Å². The molecule has 0 spiro atoms. The van der Waals surface area contributed by atoms with Gasteiger partial charge in [0.05, 0.1) is 16.6 Å². The Labute approximate surface area is 129 Å². The molecule has 0 radical (unpaired) electrons. The predicted octanol–water partition coefficient (Wildman–Crippen LogP) is 4.71. The Bertz CT molecular complexity index is 822. The second-order valence-corrected chi connectivity index (χ2v) is 5.39. The Morgan fingerprint density at radius 1 is 1.10 bits per heavy atom. The molecule has 0 saturated carbocycles. The molecule has 0 aliphatic carbocycles. The average molecular weight is 326 g/mol. The molecule has 0 aliphatic heterocycles. The summed E-state index contributed by atoms with van der Waals surface area (Å²) in [6.07, 6.45) is 0. The number of aromatic hydroxyl groups is 1. The minimum atomic E-state index is -0.443. The number of halogens is 3. The summed E-state index contributed by atoms with van der Waals surface area (Å²) in [6.45, 7) is 0.201. The third-order valence-electron chi connectivity index (χ3n) is 3.13. The fourth-order valence-corrected chi connectivity index (χ4v) is 2.95. The average Bonchev–Trinajstić information content (AvgIpc) is 2.80. The Balaban J connectivity index is 2.37. The Morgan fingerprint density at radius 2 is 1.76 bits per heavy atom. The highest BCUT2D eigenvalue weighted by molar-refractivity contribution is 6.39. The fraction of sp³-hybridized carbons (Fsp3) is 0.0667. The zero-order valence-corrected chi connectivity index (χ0v) is 12.2. The molecule has 3 aromatic rings. The predicted molar refractivity (Wildman–Crippen MR) is 81.2 cm³/mol. The van der Waals surface area contributed by atoms with Crippen molar-refractivity contribution in [3.8, 4) is 16.9 Å². The number of phenolic OH excluding ortho intramolecular Hbond substituents is 1. The number of rotatable bonds is 2. The lowest BCUT2D eigenvalue weighted by Crippen LogP contribution is -1.92. The van der Waals surface area contributed by atoms with Crippen LogP contribution >= 0.6 is 23.2 Å². The lowest BCUT2D eigenvalue weighted by molar-refractivity contribution is 0.475. The normalized spacial score (nSPS) is 11.2. The fourth-order valence-electron chi connectivity index (χ4n) is 2.27. The first-order valence-corrected chi connectivity index (χ1v) is 6.85. The molecule has 0 bridgehead atoms. The van der Waals surface area contributed by atoms with Gasteiger partial charge in [0.1, 0.15) is 22.9 Å². The van der Waals surface area contributed by atoms with Crippen LogP contribution in [0, 0.1) is 5.82 Å². The van der Waals surface area contributed by atoms with E-state index in [2.05, 4.69) is 0 Å². The second-order valence-electron chi connectivity index (χ2n) is 4.57. The third-order valence-corrected chi connectivity index (χ3v) is 3.73. The van der Waals surface area contributed by atoms with E-state index in [1.165, 1.54) is 24.3 Å². The maximum absolute atomic E-state index is 13.8. The van der Waals surface area contributed by atoms with Crippen LogP contribution in [0.1, 0.15) is 5.76 Å². The first kappa shape index (κ1) is 14.2. The van der Waals surface area contributed by atoms with E-state index < -0.39 is 5.82 Å². The highest BCUT2D eigenvalue weighted by atomic mass is 35.5. The van der Waals surface area contributed by atoms with Gasteiger partial charge in [0.15, 0.2) is 0 Å². The van der Waals surface area contributed by atoms with Crippen LogP contribution in [0.4, 0.5) is 4.39 Å². The van der Waals surface area contributed by atoms with E-state index >= 15 is 0 Å². The summed E-state index contributed by atoms with van der Waals surface area (Å²) in [5.41, 5.74) is 6.82. The van der Waals surface area contributed by atoms with Crippen LogP contribution in [0.2, 0.25) is 10.0 Å². The van der Waals surface area contributed by atoms with Crippen molar-refractivity contribution in [1.82, 2.24) is 0 Å². The van der Waals surface area contributed by atoms with Crippen molar-refractivity contribution < 1.29 is 13.9 Å². The molecule has 21 heavy (non-hydrogen) atoms. The van der Waals surface area contributed by atoms with Gasteiger partial charge in [0.25, 0.3) is 0 Å². The van der Waals surface area contributed by atoms with E-state index in [1.54, 1.807) is 6.07 Å². The van der Waals surface area contributed by atoms with Gasteiger partial charge in [-0.15, -0.1) is 0 Å². The minimum absolute atomic E-state index is 0.0662. The molecule has 3 rings (SSSR count). The Kier molecular flexibility index (Phi) is 3.53. The summed E-state index contributed by atoms with van der Waals surface area (Å²) in [4.78, 5) is 0. The highest BCUT2D eigenvalue weighted by Gasteiger charge is 2.17. The number of fused-ring (bicyclic) bond motifs is 1. The molecule has 2 aromatic carbocycles. The first-order chi connectivity index (χ1) is 9.99. The SMILES string of the molecule is NCc1cc2cc(F)cc(-c3c(Cl)cc(O)cc3Cl)c2o1. The molecule has 3 nitrogen and oxygen atoms in total. The highest BCUT2D eigenvalue weighted by Crippen LogP contribution is 2.41. The lowest BCUT2D eigenvalue weighted by Gasteiger charge is -2.09. The topological polar surface area (TPSA) is 59.4 Å². The summed E-state index contributed by atoms with van der Waals surface area (Å²) in [5, 5.41) is 10.5. The molecular formula is C15H10Cl2FNO2. The summed E-state index contributed by atoms with van der Waals surface area (Å²) >= 11 is 12.3. The van der Waals surface area contributed by atoms with Crippen molar-refractivity contribution >= 4 is 34.2 Å². The standard InChI is InChI=1S/C15H10Cl2FNO2/c16-12-4-9(20)5-13(17)14(12)11-3-8(18)1-7-2-10(6-19)21-15(7)11/h1-5,20H,6,19H2. The molecule has 0 amide bonds. The molecule has 0 saturated heterocycles.